The monoisotopic (exact) mass is 318 g/mol. The minimum absolute atomic E-state index is 0.0529. The third-order valence-electron chi connectivity index (χ3n) is 3.17. The Morgan fingerprint density at radius 2 is 1.84 bits per heavy atom. The number of hydrogen-bond donors (Lipinski definition) is 1. The molecule has 2 rings (SSSR count). The number of para-hydroxylation sites is 1. The van der Waals surface area contributed by atoms with Crippen LogP contribution in [0.4, 0.5) is 11.4 Å². The zero-order valence-corrected chi connectivity index (χ0v) is 12.9. The van der Waals surface area contributed by atoms with Crippen LogP contribution in [-0.2, 0) is 0 Å². The van der Waals surface area contributed by atoms with Crippen molar-refractivity contribution in [3.8, 4) is 0 Å². The highest BCUT2D eigenvalue weighted by molar-refractivity contribution is 9.10. The molecule has 0 aliphatic carbocycles. The van der Waals surface area contributed by atoms with E-state index in [-0.39, 0.29) is 6.04 Å². The predicted octanol–water partition coefficient (Wildman–Crippen LogP) is 4.63. The van der Waals surface area contributed by atoms with Crippen molar-refractivity contribution in [3.05, 3.63) is 58.6 Å². The van der Waals surface area contributed by atoms with E-state index in [1.807, 2.05) is 13.0 Å². The SMILES string of the molecule is CCN(c1ccccc1)c1ccc([C@H](C)N)cc1Br. The second-order valence-electron chi connectivity index (χ2n) is 4.58. The smallest absolute Gasteiger partial charge is 0.0555 e. The molecule has 0 radical (unpaired) electrons. The van der Waals surface area contributed by atoms with Crippen LogP contribution in [0.5, 0.6) is 0 Å². The van der Waals surface area contributed by atoms with Crippen LogP contribution in [0.3, 0.4) is 0 Å². The van der Waals surface area contributed by atoms with Crippen molar-refractivity contribution in [1.82, 2.24) is 0 Å². The Labute approximate surface area is 123 Å². The van der Waals surface area contributed by atoms with Crippen LogP contribution < -0.4 is 10.6 Å². The average Bonchev–Trinajstić information content (AvgIpc) is 2.42. The molecule has 0 aliphatic rings. The number of nitrogens with zero attached hydrogens (tertiary/aromatic N) is 1. The summed E-state index contributed by atoms with van der Waals surface area (Å²) in [5.74, 6) is 0. The molecular formula is C16H19BrN2. The molecule has 100 valence electrons. The second kappa shape index (κ2) is 6.22. The Morgan fingerprint density at radius 1 is 1.16 bits per heavy atom. The summed E-state index contributed by atoms with van der Waals surface area (Å²) in [5.41, 5.74) is 9.42. The summed E-state index contributed by atoms with van der Waals surface area (Å²) >= 11 is 3.66. The van der Waals surface area contributed by atoms with Gasteiger partial charge in [-0.3, -0.25) is 0 Å². The van der Waals surface area contributed by atoms with Gasteiger partial charge in [0.05, 0.1) is 5.69 Å². The minimum Gasteiger partial charge on any atom is -0.341 e. The summed E-state index contributed by atoms with van der Waals surface area (Å²) in [6.45, 7) is 5.06. The van der Waals surface area contributed by atoms with Gasteiger partial charge in [-0.1, -0.05) is 24.3 Å². The molecule has 0 aliphatic heterocycles. The van der Waals surface area contributed by atoms with E-state index in [1.54, 1.807) is 0 Å². The molecule has 0 bridgehead atoms. The molecule has 2 aromatic rings. The number of benzene rings is 2. The van der Waals surface area contributed by atoms with Crippen LogP contribution >= 0.6 is 15.9 Å². The van der Waals surface area contributed by atoms with E-state index in [2.05, 4.69) is 70.2 Å². The molecule has 3 heteroatoms. The van der Waals surface area contributed by atoms with Crippen LogP contribution in [0.2, 0.25) is 0 Å². The van der Waals surface area contributed by atoms with Crippen molar-refractivity contribution in [3.63, 3.8) is 0 Å². The lowest BCUT2D eigenvalue weighted by Gasteiger charge is -2.25. The van der Waals surface area contributed by atoms with Crippen molar-refractivity contribution in [2.75, 3.05) is 11.4 Å². The van der Waals surface area contributed by atoms with E-state index in [1.165, 1.54) is 5.69 Å². The molecule has 0 amide bonds. The maximum Gasteiger partial charge on any atom is 0.0555 e. The summed E-state index contributed by atoms with van der Waals surface area (Å²) in [4.78, 5) is 2.27. The quantitative estimate of drug-likeness (QED) is 0.890. The highest BCUT2D eigenvalue weighted by Crippen LogP contribution is 2.33. The Hall–Kier alpha value is -1.32. The first-order valence-corrected chi connectivity index (χ1v) is 7.30. The summed E-state index contributed by atoms with van der Waals surface area (Å²) < 4.78 is 1.08. The minimum atomic E-state index is 0.0529. The van der Waals surface area contributed by atoms with E-state index < -0.39 is 0 Å². The van der Waals surface area contributed by atoms with Gasteiger partial charge < -0.3 is 10.6 Å². The lowest BCUT2D eigenvalue weighted by atomic mass is 10.1. The van der Waals surface area contributed by atoms with Gasteiger partial charge in [0.25, 0.3) is 0 Å². The van der Waals surface area contributed by atoms with E-state index in [0.29, 0.717) is 0 Å². The summed E-state index contributed by atoms with van der Waals surface area (Å²) in [6, 6.07) is 16.8. The summed E-state index contributed by atoms with van der Waals surface area (Å²) in [6.07, 6.45) is 0. The van der Waals surface area contributed by atoms with Crippen LogP contribution in [0.1, 0.15) is 25.5 Å². The fraction of sp³-hybridized carbons (Fsp3) is 0.250. The maximum absolute atomic E-state index is 5.92. The Balaban J connectivity index is 2.39. The molecule has 0 fully saturated rings. The fourth-order valence-electron chi connectivity index (χ4n) is 2.13. The number of nitrogens with two attached hydrogens (primary N) is 1. The number of anilines is 2. The number of rotatable bonds is 4. The summed E-state index contributed by atoms with van der Waals surface area (Å²) in [7, 11) is 0. The fourth-order valence-corrected chi connectivity index (χ4v) is 2.74. The maximum atomic E-state index is 5.92. The van der Waals surface area contributed by atoms with Crippen molar-refractivity contribution in [2.24, 2.45) is 5.73 Å². The highest BCUT2D eigenvalue weighted by Gasteiger charge is 2.11. The predicted molar refractivity (Wildman–Crippen MR) is 85.9 cm³/mol. The largest absolute Gasteiger partial charge is 0.341 e. The molecule has 2 nitrogen and oxygen atoms in total. The van der Waals surface area contributed by atoms with Crippen LogP contribution in [0.25, 0.3) is 0 Å². The zero-order valence-electron chi connectivity index (χ0n) is 11.3. The molecule has 0 unspecified atom stereocenters. The molecule has 2 N–H and O–H groups in total. The molecule has 19 heavy (non-hydrogen) atoms. The van der Waals surface area contributed by atoms with E-state index in [4.69, 9.17) is 5.73 Å². The molecule has 0 heterocycles. The number of halogens is 1. The van der Waals surface area contributed by atoms with Gasteiger partial charge in [-0.25, -0.2) is 0 Å². The first-order valence-electron chi connectivity index (χ1n) is 6.51. The van der Waals surface area contributed by atoms with Gasteiger partial charge in [0.15, 0.2) is 0 Å². The lowest BCUT2D eigenvalue weighted by molar-refractivity contribution is 0.817. The van der Waals surface area contributed by atoms with Gasteiger partial charge in [-0.05, 0) is 59.6 Å². The standard InChI is InChI=1S/C16H19BrN2/c1-3-19(14-7-5-4-6-8-14)16-10-9-13(12(2)18)11-15(16)17/h4-12H,3,18H2,1-2H3/t12-/m0/s1. The van der Waals surface area contributed by atoms with Gasteiger partial charge in [-0.2, -0.15) is 0 Å². The molecule has 0 saturated heterocycles. The van der Waals surface area contributed by atoms with Crippen LogP contribution in [-0.4, -0.2) is 6.54 Å². The van der Waals surface area contributed by atoms with Crippen LogP contribution in [0, 0.1) is 0 Å². The molecule has 2 aromatic carbocycles. The van der Waals surface area contributed by atoms with Crippen molar-refractivity contribution < 1.29 is 0 Å². The first kappa shape index (κ1) is 14.1. The Morgan fingerprint density at radius 3 is 2.37 bits per heavy atom. The molecule has 0 spiro atoms. The van der Waals surface area contributed by atoms with Gasteiger partial charge in [0, 0.05) is 22.7 Å². The third-order valence-corrected chi connectivity index (χ3v) is 3.81. The topological polar surface area (TPSA) is 29.3 Å². The Bertz CT molecular complexity index is 538. The van der Waals surface area contributed by atoms with Crippen molar-refractivity contribution in [1.29, 1.82) is 0 Å². The van der Waals surface area contributed by atoms with E-state index in [9.17, 15) is 0 Å². The van der Waals surface area contributed by atoms with Gasteiger partial charge >= 0.3 is 0 Å². The zero-order chi connectivity index (χ0) is 13.8. The van der Waals surface area contributed by atoms with Crippen molar-refractivity contribution >= 4 is 27.3 Å². The normalized spacial score (nSPS) is 12.2. The van der Waals surface area contributed by atoms with Crippen molar-refractivity contribution in [2.45, 2.75) is 19.9 Å². The average molecular weight is 319 g/mol. The Kier molecular flexibility index (Phi) is 4.61. The van der Waals surface area contributed by atoms with E-state index in [0.717, 1.165) is 22.3 Å². The third kappa shape index (κ3) is 3.17. The van der Waals surface area contributed by atoms with E-state index >= 15 is 0 Å². The molecule has 0 aromatic heterocycles. The van der Waals surface area contributed by atoms with Crippen LogP contribution in [0.15, 0.2) is 53.0 Å². The lowest BCUT2D eigenvalue weighted by Crippen LogP contribution is -2.16. The number of hydrogen-bond acceptors (Lipinski definition) is 2. The first-order chi connectivity index (χ1) is 9.13. The summed E-state index contributed by atoms with van der Waals surface area (Å²) in [5, 5.41) is 0. The van der Waals surface area contributed by atoms with Gasteiger partial charge in [0.2, 0.25) is 0 Å². The highest BCUT2D eigenvalue weighted by atomic mass is 79.9. The molecular weight excluding hydrogens is 300 g/mol. The molecule has 1 atom stereocenters. The van der Waals surface area contributed by atoms with Gasteiger partial charge in [-0.15, -0.1) is 0 Å². The molecule has 0 saturated carbocycles. The second-order valence-corrected chi connectivity index (χ2v) is 5.43. The van der Waals surface area contributed by atoms with Gasteiger partial charge in [0.1, 0.15) is 0 Å².